The molecule has 82 valence electrons. The summed E-state index contributed by atoms with van der Waals surface area (Å²) < 4.78 is 5.37. The SMILES string of the molecule is CCCC(C)OC(=O)[C@@H]1CNC[C@H]1C. The van der Waals surface area contributed by atoms with E-state index in [-0.39, 0.29) is 18.0 Å². The van der Waals surface area contributed by atoms with Crippen LogP contribution in [0.5, 0.6) is 0 Å². The summed E-state index contributed by atoms with van der Waals surface area (Å²) in [5, 5.41) is 3.21. The minimum absolute atomic E-state index is 0.0246. The molecule has 1 rings (SSSR count). The Bertz CT molecular complexity index is 194. The molecule has 0 spiro atoms. The topological polar surface area (TPSA) is 38.3 Å². The number of ether oxygens (including phenoxy) is 1. The first-order chi connectivity index (χ1) is 6.65. The van der Waals surface area contributed by atoms with Gasteiger partial charge in [0.25, 0.3) is 0 Å². The average Bonchev–Trinajstić information content (AvgIpc) is 2.51. The second-order valence-corrected chi connectivity index (χ2v) is 4.28. The van der Waals surface area contributed by atoms with E-state index in [2.05, 4.69) is 19.2 Å². The number of carbonyl (C=O) groups is 1. The molecular weight excluding hydrogens is 178 g/mol. The second-order valence-electron chi connectivity index (χ2n) is 4.28. The summed E-state index contributed by atoms with van der Waals surface area (Å²) in [5.74, 6) is 0.453. The van der Waals surface area contributed by atoms with Crippen molar-refractivity contribution in [3.63, 3.8) is 0 Å². The minimum atomic E-state index is -0.0246. The smallest absolute Gasteiger partial charge is 0.310 e. The Balaban J connectivity index is 2.33. The van der Waals surface area contributed by atoms with Crippen molar-refractivity contribution < 1.29 is 9.53 Å². The molecule has 0 aromatic heterocycles. The normalized spacial score (nSPS) is 28.8. The van der Waals surface area contributed by atoms with E-state index in [1.807, 2.05) is 6.92 Å². The fourth-order valence-electron chi connectivity index (χ4n) is 1.88. The number of nitrogens with one attached hydrogen (secondary N) is 1. The van der Waals surface area contributed by atoms with Crippen LogP contribution in [0, 0.1) is 11.8 Å². The number of esters is 1. The molecule has 3 atom stereocenters. The fourth-order valence-corrected chi connectivity index (χ4v) is 1.88. The minimum Gasteiger partial charge on any atom is -0.462 e. The Morgan fingerprint density at radius 1 is 1.57 bits per heavy atom. The number of carbonyl (C=O) groups excluding carboxylic acids is 1. The maximum atomic E-state index is 11.7. The van der Waals surface area contributed by atoms with Crippen LogP contribution >= 0.6 is 0 Å². The van der Waals surface area contributed by atoms with Gasteiger partial charge in [-0.05, 0) is 25.8 Å². The summed E-state index contributed by atoms with van der Waals surface area (Å²) in [4.78, 5) is 11.7. The first-order valence-electron chi connectivity index (χ1n) is 5.56. The Labute approximate surface area is 86.2 Å². The van der Waals surface area contributed by atoms with Gasteiger partial charge in [-0.3, -0.25) is 4.79 Å². The molecule has 3 nitrogen and oxygen atoms in total. The van der Waals surface area contributed by atoms with E-state index in [0.717, 1.165) is 25.9 Å². The summed E-state index contributed by atoms with van der Waals surface area (Å²) in [6.45, 7) is 7.87. The van der Waals surface area contributed by atoms with Gasteiger partial charge in [-0.2, -0.15) is 0 Å². The molecule has 0 aromatic carbocycles. The molecule has 0 saturated carbocycles. The molecule has 0 aromatic rings. The molecule has 0 radical (unpaired) electrons. The number of rotatable bonds is 4. The molecule has 14 heavy (non-hydrogen) atoms. The van der Waals surface area contributed by atoms with Gasteiger partial charge in [0.15, 0.2) is 0 Å². The van der Waals surface area contributed by atoms with Crippen molar-refractivity contribution in [3.05, 3.63) is 0 Å². The predicted molar refractivity (Wildman–Crippen MR) is 56.0 cm³/mol. The van der Waals surface area contributed by atoms with Crippen LogP contribution in [0.4, 0.5) is 0 Å². The van der Waals surface area contributed by atoms with Crippen molar-refractivity contribution in [1.29, 1.82) is 0 Å². The van der Waals surface area contributed by atoms with Gasteiger partial charge in [-0.1, -0.05) is 20.3 Å². The molecule has 1 unspecified atom stereocenters. The third-order valence-corrected chi connectivity index (χ3v) is 2.83. The standard InChI is InChI=1S/C11H21NO2/c1-4-5-9(3)14-11(13)10-7-12-6-8(10)2/h8-10,12H,4-7H2,1-3H3/t8-,9?,10-/m1/s1. The van der Waals surface area contributed by atoms with E-state index in [0.29, 0.717) is 5.92 Å². The lowest BCUT2D eigenvalue weighted by Crippen LogP contribution is -2.27. The zero-order chi connectivity index (χ0) is 10.6. The monoisotopic (exact) mass is 199 g/mol. The van der Waals surface area contributed by atoms with Crippen LogP contribution in [0.2, 0.25) is 0 Å². The van der Waals surface area contributed by atoms with Gasteiger partial charge >= 0.3 is 5.97 Å². The Kier molecular flexibility index (Phi) is 4.39. The quantitative estimate of drug-likeness (QED) is 0.698. The molecule has 0 aliphatic carbocycles. The molecule has 1 saturated heterocycles. The van der Waals surface area contributed by atoms with Crippen molar-refractivity contribution in [3.8, 4) is 0 Å². The average molecular weight is 199 g/mol. The Hall–Kier alpha value is -0.570. The highest BCUT2D eigenvalue weighted by molar-refractivity contribution is 5.73. The number of hydrogen-bond acceptors (Lipinski definition) is 3. The van der Waals surface area contributed by atoms with Gasteiger partial charge < -0.3 is 10.1 Å². The maximum absolute atomic E-state index is 11.7. The van der Waals surface area contributed by atoms with Crippen molar-refractivity contribution in [2.24, 2.45) is 11.8 Å². The summed E-state index contributed by atoms with van der Waals surface area (Å²) in [6, 6.07) is 0. The van der Waals surface area contributed by atoms with Crippen LogP contribution in [0.3, 0.4) is 0 Å². The maximum Gasteiger partial charge on any atom is 0.310 e. The lowest BCUT2D eigenvalue weighted by molar-refractivity contribution is -0.154. The second kappa shape index (κ2) is 5.35. The molecule has 1 fully saturated rings. The summed E-state index contributed by atoms with van der Waals surface area (Å²) >= 11 is 0. The summed E-state index contributed by atoms with van der Waals surface area (Å²) in [7, 11) is 0. The van der Waals surface area contributed by atoms with Gasteiger partial charge in [0.05, 0.1) is 12.0 Å². The van der Waals surface area contributed by atoms with Crippen LogP contribution in [0.1, 0.15) is 33.6 Å². The van der Waals surface area contributed by atoms with E-state index >= 15 is 0 Å². The number of hydrogen-bond donors (Lipinski definition) is 1. The molecule has 3 heteroatoms. The molecule has 1 aliphatic heterocycles. The highest BCUT2D eigenvalue weighted by atomic mass is 16.5. The van der Waals surface area contributed by atoms with Crippen molar-refractivity contribution in [2.75, 3.05) is 13.1 Å². The van der Waals surface area contributed by atoms with E-state index < -0.39 is 0 Å². The first kappa shape index (κ1) is 11.5. The largest absolute Gasteiger partial charge is 0.462 e. The summed E-state index contributed by atoms with van der Waals surface area (Å²) in [5.41, 5.74) is 0. The van der Waals surface area contributed by atoms with Crippen molar-refractivity contribution in [2.45, 2.75) is 39.7 Å². The Morgan fingerprint density at radius 3 is 2.79 bits per heavy atom. The molecule has 1 aliphatic rings. The van der Waals surface area contributed by atoms with E-state index in [9.17, 15) is 4.79 Å². The molecular formula is C11H21NO2. The van der Waals surface area contributed by atoms with E-state index in [1.54, 1.807) is 0 Å². The Morgan fingerprint density at radius 2 is 2.29 bits per heavy atom. The third-order valence-electron chi connectivity index (χ3n) is 2.83. The van der Waals surface area contributed by atoms with Crippen LogP contribution < -0.4 is 5.32 Å². The fraction of sp³-hybridized carbons (Fsp3) is 0.909. The molecule has 1 N–H and O–H groups in total. The summed E-state index contributed by atoms with van der Waals surface area (Å²) in [6.07, 6.45) is 2.09. The van der Waals surface area contributed by atoms with E-state index in [4.69, 9.17) is 4.74 Å². The van der Waals surface area contributed by atoms with Gasteiger partial charge in [0.2, 0.25) is 0 Å². The van der Waals surface area contributed by atoms with Crippen molar-refractivity contribution >= 4 is 5.97 Å². The highest BCUT2D eigenvalue weighted by Gasteiger charge is 2.31. The van der Waals surface area contributed by atoms with Gasteiger partial charge in [0, 0.05) is 6.54 Å². The molecule has 0 amide bonds. The van der Waals surface area contributed by atoms with Crippen molar-refractivity contribution in [1.82, 2.24) is 5.32 Å². The first-order valence-corrected chi connectivity index (χ1v) is 5.56. The highest BCUT2D eigenvalue weighted by Crippen LogP contribution is 2.18. The third kappa shape index (κ3) is 2.98. The molecule has 0 bridgehead atoms. The zero-order valence-electron chi connectivity index (χ0n) is 9.38. The zero-order valence-corrected chi connectivity index (χ0v) is 9.38. The molecule has 1 heterocycles. The lowest BCUT2D eigenvalue weighted by atomic mass is 9.98. The van der Waals surface area contributed by atoms with Gasteiger partial charge in [-0.25, -0.2) is 0 Å². The predicted octanol–water partition coefficient (Wildman–Crippen LogP) is 1.57. The van der Waals surface area contributed by atoms with Crippen LogP contribution in [-0.4, -0.2) is 25.2 Å². The van der Waals surface area contributed by atoms with Crippen LogP contribution in [-0.2, 0) is 9.53 Å². The van der Waals surface area contributed by atoms with Crippen LogP contribution in [0.15, 0.2) is 0 Å². The van der Waals surface area contributed by atoms with E-state index in [1.165, 1.54) is 0 Å². The van der Waals surface area contributed by atoms with Gasteiger partial charge in [0.1, 0.15) is 0 Å². The van der Waals surface area contributed by atoms with Crippen LogP contribution in [0.25, 0.3) is 0 Å². The lowest BCUT2D eigenvalue weighted by Gasteiger charge is -2.17. The van der Waals surface area contributed by atoms with Gasteiger partial charge in [-0.15, -0.1) is 0 Å².